The average Bonchev–Trinajstić information content (AvgIpc) is 3.22. The molecule has 1 aliphatic heterocycles. The second-order valence-electron chi connectivity index (χ2n) is 9.56. The zero-order chi connectivity index (χ0) is 25.1. The number of aromatic amines is 1. The van der Waals surface area contributed by atoms with Crippen LogP contribution in [-0.4, -0.2) is 55.1 Å². The largest absolute Gasteiger partial charge is 0.330 e. The highest BCUT2D eigenvalue weighted by atomic mass is 16.2. The molecule has 3 heterocycles. The van der Waals surface area contributed by atoms with Crippen molar-refractivity contribution in [3.8, 4) is 0 Å². The van der Waals surface area contributed by atoms with Crippen molar-refractivity contribution < 1.29 is 0 Å². The zero-order valence-corrected chi connectivity index (χ0v) is 21.1. The normalized spacial score (nSPS) is 15.2. The fraction of sp³-hybridized carbons (Fsp3) is 0.393. The summed E-state index contributed by atoms with van der Waals surface area (Å²) < 4.78 is 3.45. The highest BCUT2D eigenvalue weighted by Gasteiger charge is 2.27. The lowest BCUT2D eigenvalue weighted by Crippen LogP contribution is -2.47. The van der Waals surface area contributed by atoms with E-state index in [0.29, 0.717) is 24.3 Å². The van der Waals surface area contributed by atoms with Gasteiger partial charge < -0.3 is 4.57 Å². The van der Waals surface area contributed by atoms with E-state index in [-0.39, 0.29) is 17.3 Å². The Labute approximate surface area is 210 Å². The third-order valence-corrected chi connectivity index (χ3v) is 7.21. The van der Waals surface area contributed by atoms with Crippen LogP contribution in [0.3, 0.4) is 0 Å². The molecule has 1 N–H and O–H groups in total. The Balaban J connectivity index is 1.35. The maximum Gasteiger partial charge on any atom is 0.330 e. The Morgan fingerprint density at radius 2 is 1.53 bits per heavy atom. The summed E-state index contributed by atoms with van der Waals surface area (Å²) in [5, 5.41) is 0. The van der Waals surface area contributed by atoms with Crippen LogP contribution in [0.25, 0.3) is 11.2 Å². The Morgan fingerprint density at radius 3 is 2.11 bits per heavy atom. The number of unbranched alkanes of at least 4 members (excludes halogenated alkanes) is 1. The van der Waals surface area contributed by atoms with Crippen molar-refractivity contribution in [3.05, 3.63) is 98.5 Å². The van der Waals surface area contributed by atoms with Crippen LogP contribution >= 0.6 is 0 Å². The SMILES string of the molecule is CCCCn1c(=O)[nH]c(=O)c2c1nc(CN1CCN(C(c3ccccc3)c3ccccc3)CC1)n2C. The number of aryl methyl sites for hydroxylation is 2. The summed E-state index contributed by atoms with van der Waals surface area (Å²) in [6.45, 7) is 6.94. The van der Waals surface area contributed by atoms with Crippen molar-refractivity contribution in [1.82, 2.24) is 28.9 Å². The molecule has 5 rings (SSSR count). The minimum Gasteiger partial charge on any atom is -0.324 e. The molecule has 0 saturated carbocycles. The minimum atomic E-state index is -0.382. The topological polar surface area (TPSA) is 79.2 Å². The molecule has 1 saturated heterocycles. The van der Waals surface area contributed by atoms with E-state index in [1.165, 1.54) is 11.1 Å². The fourth-order valence-corrected chi connectivity index (χ4v) is 5.22. The number of rotatable bonds is 8. The van der Waals surface area contributed by atoms with Gasteiger partial charge in [-0.05, 0) is 17.5 Å². The fourth-order valence-electron chi connectivity index (χ4n) is 5.22. The second-order valence-corrected chi connectivity index (χ2v) is 9.56. The Morgan fingerprint density at radius 1 is 0.917 bits per heavy atom. The van der Waals surface area contributed by atoms with Gasteiger partial charge in [-0.3, -0.25) is 24.1 Å². The van der Waals surface area contributed by atoms with Crippen LogP contribution in [0.4, 0.5) is 0 Å². The Hall–Kier alpha value is -3.49. The summed E-state index contributed by atoms with van der Waals surface area (Å²) in [6.07, 6.45) is 1.82. The number of nitrogens with zero attached hydrogens (tertiary/aromatic N) is 5. The molecule has 1 fully saturated rings. The van der Waals surface area contributed by atoms with Crippen molar-refractivity contribution in [1.29, 1.82) is 0 Å². The molecule has 0 atom stereocenters. The van der Waals surface area contributed by atoms with Crippen LogP contribution in [0.1, 0.15) is 42.8 Å². The van der Waals surface area contributed by atoms with E-state index in [2.05, 4.69) is 82.4 Å². The number of hydrogen-bond donors (Lipinski definition) is 1. The van der Waals surface area contributed by atoms with Gasteiger partial charge in [0.1, 0.15) is 5.82 Å². The van der Waals surface area contributed by atoms with Gasteiger partial charge in [0, 0.05) is 39.8 Å². The van der Waals surface area contributed by atoms with Gasteiger partial charge in [0.2, 0.25) is 0 Å². The number of aromatic nitrogens is 4. The smallest absolute Gasteiger partial charge is 0.324 e. The summed E-state index contributed by atoms with van der Waals surface area (Å²) in [5.41, 5.74) is 2.80. The van der Waals surface area contributed by atoms with Crippen LogP contribution in [0.15, 0.2) is 70.3 Å². The highest BCUT2D eigenvalue weighted by molar-refractivity contribution is 5.70. The second kappa shape index (κ2) is 10.6. The molecule has 8 heteroatoms. The molecule has 1 aliphatic rings. The van der Waals surface area contributed by atoms with Gasteiger partial charge in [-0.2, -0.15) is 0 Å². The molecule has 0 bridgehead atoms. The molecule has 0 radical (unpaired) electrons. The first-order chi connectivity index (χ1) is 17.6. The number of piperazine rings is 1. The minimum absolute atomic E-state index is 0.219. The highest BCUT2D eigenvalue weighted by Crippen LogP contribution is 2.29. The number of imidazole rings is 1. The zero-order valence-electron chi connectivity index (χ0n) is 21.1. The van der Waals surface area contributed by atoms with Crippen molar-refractivity contribution in [2.75, 3.05) is 26.2 Å². The number of hydrogen-bond acceptors (Lipinski definition) is 5. The van der Waals surface area contributed by atoms with E-state index in [4.69, 9.17) is 4.98 Å². The van der Waals surface area contributed by atoms with Gasteiger partial charge in [0.05, 0.1) is 12.6 Å². The molecule has 188 valence electrons. The van der Waals surface area contributed by atoms with Gasteiger partial charge in [-0.1, -0.05) is 74.0 Å². The van der Waals surface area contributed by atoms with E-state index >= 15 is 0 Å². The van der Waals surface area contributed by atoms with E-state index in [1.54, 1.807) is 4.57 Å². The first kappa shape index (κ1) is 24.2. The average molecular weight is 487 g/mol. The van der Waals surface area contributed by atoms with E-state index in [9.17, 15) is 9.59 Å². The van der Waals surface area contributed by atoms with Crippen LogP contribution in [-0.2, 0) is 20.1 Å². The molecule has 2 aromatic heterocycles. The third-order valence-electron chi connectivity index (χ3n) is 7.21. The van der Waals surface area contributed by atoms with Crippen molar-refractivity contribution >= 4 is 11.2 Å². The van der Waals surface area contributed by atoms with E-state index in [0.717, 1.165) is 44.8 Å². The van der Waals surface area contributed by atoms with Crippen LogP contribution < -0.4 is 11.2 Å². The standard InChI is InChI=1S/C28H34N6O2/c1-3-4-15-34-26-25(27(35)30-28(34)36)31(2)23(29-26)20-32-16-18-33(19-17-32)24(21-11-7-5-8-12-21)22-13-9-6-10-14-22/h5-14,24H,3-4,15-20H2,1-2H3,(H,30,35,36). The molecule has 0 amide bonds. The van der Waals surface area contributed by atoms with Gasteiger partial charge in [-0.25, -0.2) is 9.78 Å². The molecule has 2 aromatic carbocycles. The molecule has 0 spiro atoms. The third kappa shape index (κ3) is 4.79. The predicted molar refractivity (Wildman–Crippen MR) is 142 cm³/mol. The number of fused-ring (bicyclic) bond motifs is 1. The van der Waals surface area contributed by atoms with E-state index < -0.39 is 0 Å². The van der Waals surface area contributed by atoms with Gasteiger partial charge in [0.25, 0.3) is 5.56 Å². The van der Waals surface area contributed by atoms with E-state index in [1.807, 2.05) is 11.6 Å². The summed E-state index contributed by atoms with van der Waals surface area (Å²) in [4.78, 5) is 37.2. The summed E-state index contributed by atoms with van der Waals surface area (Å²) in [5.74, 6) is 0.808. The molecule has 4 aromatic rings. The lowest BCUT2D eigenvalue weighted by molar-refractivity contribution is 0.102. The van der Waals surface area contributed by atoms with Crippen LogP contribution in [0.5, 0.6) is 0 Å². The maximum absolute atomic E-state index is 12.6. The monoisotopic (exact) mass is 486 g/mol. The van der Waals surface area contributed by atoms with Crippen molar-refractivity contribution in [2.24, 2.45) is 7.05 Å². The summed E-state index contributed by atoms with van der Waals surface area (Å²) in [6, 6.07) is 21.6. The van der Waals surface area contributed by atoms with Crippen molar-refractivity contribution in [2.45, 2.75) is 38.9 Å². The van der Waals surface area contributed by atoms with Gasteiger partial charge >= 0.3 is 5.69 Å². The first-order valence-electron chi connectivity index (χ1n) is 12.8. The Bertz CT molecular complexity index is 1380. The summed E-state index contributed by atoms with van der Waals surface area (Å²) >= 11 is 0. The molecule has 0 aliphatic carbocycles. The molecule has 36 heavy (non-hydrogen) atoms. The quantitative estimate of drug-likeness (QED) is 0.414. The number of nitrogens with one attached hydrogen (secondary N) is 1. The first-order valence-corrected chi connectivity index (χ1v) is 12.8. The van der Waals surface area contributed by atoms with Gasteiger partial charge in [-0.15, -0.1) is 0 Å². The number of benzene rings is 2. The van der Waals surface area contributed by atoms with Crippen molar-refractivity contribution in [3.63, 3.8) is 0 Å². The maximum atomic E-state index is 12.6. The molecule has 0 unspecified atom stereocenters. The van der Waals surface area contributed by atoms with Crippen LogP contribution in [0, 0.1) is 0 Å². The van der Waals surface area contributed by atoms with Crippen LogP contribution in [0.2, 0.25) is 0 Å². The van der Waals surface area contributed by atoms with Gasteiger partial charge in [0.15, 0.2) is 11.2 Å². The lowest BCUT2D eigenvalue weighted by Gasteiger charge is -2.39. The molecular formula is C28H34N6O2. The molecule has 8 nitrogen and oxygen atoms in total. The lowest BCUT2D eigenvalue weighted by atomic mass is 9.96. The summed E-state index contributed by atoms with van der Waals surface area (Å²) in [7, 11) is 1.87. The molecular weight excluding hydrogens is 452 g/mol. The Kier molecular flexibility index (Phi) is 7.16. The predicted octanol–water partition coefficient (Wildman–Crippen LogP) is 3.13. The number of H-pyrrole nitrogens is 1.